The summed E-state index contributed by atoms with van der Waals surface area (Å²) in [7, 11) is 1.44. The second kappa shape index (κ2) is 5.57. The normalized spacial score (nSPS) is 10.7. The van der Waals surface area contributed by atoms with Crippen LogP contribution in [0.3, 0.4) is 0 Å². The van der Waals surface area contributed by atoms with Crippen LogP contribution in [0.25, 0.3) is 16.6 Å². The van der Waals surface area contributed by atoms with E-state index in [9.17, 15) is 14.7 Å². The van der Waals surface area contributed by atoms with Gasteiger partial charge >= 0.3 is 5.97 Å². The van der Waals surface area contributed by atoms with E-state index in [4.69, 9.17) is 4.74 Å². The molecule has 3 aromatic rings. The van der Waals surface area contributed by atoms with Gasteiger partial charge in [0.1, 0.15) is 5.75 Å². The Hall–Kier alpha value is -3.15. The molecule has 1 aromatic heterocycles. The molecule has 0 spiro atoms. The van der Waals surface area contributed by atoms with E-state index >= 15 is 0 Å². The van der Waals surface area contributed by atoms with Crippen molar-refractivity contribution in [1.29, 1.82) is 0 Å². The van der Waals surface area contributed by atoms with Crippen molar-refractivity contribution >= 4 is 16.9 Å². The Balaban J connectivity index is 2.46. The van der Waals surface area contributed by atoms with Gasteiger partial charge in [-0.2, -0.15) is 5.10 Å². The number of hydrogen-bond donors (Lipinski definition) is 1. The largest absolute Gasteiger partial charge is 0.496 e. The second-order valence-corrected chi connectivity index (χ2v) is 5.08. The van der Waals surface area contributed by atoms with Crippen LogP contribution in [0.2, 0.25) is 0 Å². The SMILES string of the molecule is COc1cccc2c1c(=O)c(C(=O)O)nn2-c1ccc(C)cc1. The number of carboxylic acid groups (broad SMARTS) is 1. The molecule has 0 aliphatic heterocycles. The Morgan fingerprint density at radius 3 is 2.48 bits per heavy atom. The van der Waals surface area contributed by atoms with Gasteiger partial charge in [-0.15, -0.1) is 0 Å². The summed E-state index contributed by atoms with van der Waals surface area (Å²) in [5.74, 6) is -1.05. The van der Waals surface area contributed by atoms with Crippen LogP contribution in [-0.2, 0) is 0 Å². The van der Waals surface area contributed by atoms with Crippen molar-refractivity contribution < 1.29 is 14.6 Å². The average molecular weight is 310 g/mol. The van der Waals surface area contributed by atoms with Crippen LogP contribution in [-0.4, -0.2) is 28.0 Å². The number of carbonyl (C=O) groups is 1. The number of nitrogens with zero attached hydrogens (tertiary/aromatic N) is 2. The predicted octanol–water partition coefficient (Wildman–Crippen LogP) is 2.40. The van der Waals surface area contributed by atoms with Crippen LogP contribution in [0.5, 0.6) is 5.75 Å². The van der Waals surface area contributed by atoms with E-state index in [0.29, 0.717) is 17.0 Å². The molecule has 116 valence electrons. The third-order valence-corrected chi connectivity index (χ3v) is 3.58. The zero-order valence-electron chi connectivity index (χ0n) is 12.6. The van der Waals surface area contributed by atoms with Crippen molar-refractivity contribution in [3.63, 3.8) is 0 Å². The number of aromatic nitrogens is 2. The van der Waals surface area contributed by atoms with E-state index in [1.165, 1.54) is 11.8 Å². The standard InChI is InChI=1S/C17H14N2O4/c1-10-6-8-11(9-7-10)19-12-4-3-5-13(23-2)14(12)16(20)15(18-19)17(21)22/h3-9H,1-2H3,(H,21,22). The van der Waals surface area contributed by atoms with Crippen molar-refractivity contribution in [2.45, 2.75) is 6.92 Å². The van der Waals surface area contributed by atoms with Gasteiger partial charge in [0.15, 0.2) is 0 Å². The molecule has 3 rings (SSSR count). The highest BCUT2D eigenvalue weighted by molar-refractivity contribution is 5.93. The number of benzene rings is 2. The van der Waals surface area contributed by atoms with Crippen molar-refractivity contribution in [2.75, 3.05) is 7.11 Å². The van der Waals surface area contributed by atoms with Crippen LogP contribution < -0.4 is 10.2 Å². The van der Waals surface area contributed by atoms with E-state index < -0.39 is 17.1 Å². The molecule has 1 N–H and O–H groups in total. The fourth-order valence-electron chi connectivity index (χ4n) is 2.43. The molecule has 0 unspecified atom stereocenters. The number of fused-ring (bicyclic) bond motifs is 1. The van der Waals surface area contributed by atoms with Crippen molar-refractivity contribution in [3.05, 3.63) is 63.9 Å². The summed E-state index contributed by atoms with van der Waals surface area (Å²) >= 11 is 0. The molecule has 0 radical (unpaired) electrons. The van der Waals surface area contributed by atoms with E-state index in [1.807, 2.05) is 31.2 Å². The molecule has 0 fully saturated rings. The van der Waals surface area contributed by atoms with Crippen molar-refractivity contribution in [1.82, 2.24) is 9.78 Å². The fraction of sp³-hybridized carbons (Fsp3) is 0.118. The van der Waals surface area contributed by atoms with Gasteiger partial charge in [-0.25, -0.2) is 9.48 Å². The first kappa shape index (κ1) is 14.8. The van der Waals surface area contributed by atoms with Gasteiger partial charge in [-0.3, -0.25) is 4.79 Å². The lowest BCUT2D eigenvalue weighted by atomic mass is 10.1. The Bertz CT molecular complexity index is 959. The second-order valence-electron chi connectivity index (χ2n) is 5.08. The molecule has 1 heterocycles. The maximum atomic E-state index is 12.5. The molecule has 0 aliphatic carbocycles. The quantitative estimate of drug-likeness (QED) is 0.803. The summed E-state index contributed by atoms with van der Waals surface area (Å²) in [6.07, 6.45) is 0. The van der Waals surface area contributed by atoms with Crippen LogP contribution in [0.15, 0.2) is 47.3 Å². The Morgan fingerprint density at radius 2 is 1.87 bits per heavy atom. The number of ether oxygens (including phenoxy) is 1. The molecule has 0 amide bonds. The number of aromatic carboxylic acids is 1. The fourth-order valence-corrected chi connectivity index (χ4v) is 2.43. The number of aryl methyl sites for hydroxylation is 1. The third kappa shape index (κ3) is 2.44. The highest BCUT2D eigenvalue weighted by Crippen LogP contribution is 2.24. The van der Waals surface area contributed by atoms with Crippen molar-refractivity contribution in [3.8, 4) is 11.4 Å². The zero-order valence-corrected chi connectivity index (χ0v) is 12.6. The monoisotopic (exact) mass is 310 g/mol. The van der Waals surface area contributed by atoms with Gasteiger partial charge < -0.3 is 9.84 Å². The van der Waals surface area contributed by atoms with Crippen LogP contribution in [0, 0.1) is 6.92 Å². The Morgan fingerprint density at radius 1 is 1.17 bits per heavy atom. The van der Waals surface area contributed by atoms with Crippen LogP contribution in [0.1, 0.15) is 16.1 Å². The first-order valence-electron chi connectivity index (χ1n) is 6.93. The first-order valence-corrected chi connectivity index (χ1v) is 6.93. The average Bonchev–Trinajstić information content (AvgIpc) is 2.55. The summed E-state index contributed by atoms with van der Waals surface area (Å²) in [6.45, 7) is 1.95. The summed E-state index contributed by atoms with van der Waals surface area (Å²) in [5, 5.41) is 13.5. The molecule has 0 bridgehead atoms. The topological polar surface area (TPSA) is 81.4 Å². The first-order chi connectivity index (χ1) is 11.0. The zero-order chi connectivity index (χ0) is 16.6. The summed E-state index contributed by atoms with van der Waals surface area (Å²) in [5.41, 5.74) is 1.02. The van der Waals surface area contributed by atoms with E-state index in [-0.39, 0.29) is 5.39 Å². The lowest BCUT2D eigenvalue weighted by Gasteiger charge is -2.13. The molecular formula is C17H14N2O4. The van der Waals surface area contributed by atoms with Crippen LogP contribution >= 0.6 is 0 Å². The summed E-state index contributed by atoms with van der Waals surface area (Å²) in [6, 6.07) is 12.5. The summed E-state index contributed by atoms with van der Waals surface area (Å²) in [4.78, 5) is 23.8. The number of hydrogen-bond acceptors (Lipinski definition) is 4. The molecule has 0 saturated heterocycles. The van der Waals surface area contributed by atoms with Gasteiger partial charge in [0.25, 0.3) is 0 Å². The smallest absolute Gasteiger partial charge is 0.360 e. The maximum Gasteiger partial charge on any atom is 0.360 e. The van der Waals surface area contributed by atoms with Gasteiger partial charge in [-0.1, -0.05) is 23.8 Å². The lowest BCUT2D eigenvalue weighted by Crippen LogP contribution is -2.22. The Labute approximate surface area is 131 Å². The van der Waals surface area contributed by atoms with Gasteiger partial charge in [0.2, 0.25) is 11.1 Å². The minimum atomic E-state index is -1.37. The Kier molecular flexibility index (Phi) is 3.57. The molecular weight excluding hydrogens is 296 g/mol. The number of carboxylic acids is 1. The van der Waals surface area contributed by atoms with Gasteiger partial charge in [0, 0.05) is 0 Å². The maximum absolute atomic E-state index is 12.5. The predicted molar refractivity (Wildman–Crippen MR) is 85.6 cm³/mol. The molecule has 6 heteroatoms. The molecule has 23 heavy (non-hydrogen) atoms. The number of methoxy groups -OCH3 is 1. The van der Waals surface area contributed by atoms with Gasteiger partial charge in [-0.05, 0) is 31.2 Å². The van der Waals surface area contributed by atoms with E-state index in [2.05, 4.69) is 5.10 Å². The van der Waals surface area contributed by atoms with Crippen LogP contribution in [0.4, 0.5) is 0 Å². The minimum Gasteiger partial charge on any atom is -0.496 e. The molecule has 2 aromatic carbocycles. The third-order valence-electron chi connectivity index (χ3n) is 3.58. The number of rotatable bonds is 3. The lowest BCUT2D eigenvalue weighted by molar-refractivity contribution is 0.0687. The highest BCUT2D eigenvalue weighted by atomic mass is 16.5. The molecule has 0 atom stereocenters. The molecule has 0 aliphatic rings. The van der Waals surface area contributed by atoms with E-state index in [0.717, 1.165) is 5.56 Å². The minimum absolute atomic E-state index is 0.197. The van der Waals surface area contributed by atoms with E-state index in [1.54, 1.807) is 18.2 Å². The van der Waals surface area contributed by atoms with Crippen molar-refractivity contribution in [2.24, 2.45) is 0 Å². The molecule has 6 nitrogen and oxygen atoms in total. The highest BCUT2D eigenvalue weighted by Gasteiger charge is 2.19. The summed E-state index contributed by atoms with van der Waals surface area (Å²) < 4.78 is 6.67. The van der Waals surface area contributed by atoms with Gasteiger partial charge in [0.05, 0.1) is 23.7 Å². The molecule has 0 saturated carbocycles.